The average molecular weight is 465 g/mol. The van der Waals surface area contributed by atoms with Crippen LogP contribution in [0.1, 0.15) is 31.8 Å². The summed E-state index contributed by atoms with van der Waals surface area (Å²) in [7, 11) is 0. The number of nitriles is 2. The summed E-state index contributed by atoms with van der Waals surface area (Å²) in [5, 5.41) is 26.0. The highest BCUT2D eigenvalue weighted by atomic mass is 35.5. The van der Waals surface area contributed by atoms with Crippen molar-refractivity contribution in [1.29, 1.82) is 10.5 Å². The highest BCUT2D eigenvalue weighted by Gasteiger charge is 2.08. The summed E-state index contributed by atoms with van der Waals surface area (Å²) < 4.78 is 2.83. The first-order valence-electron chi connectivity index (χ1n) is 8.60. The summed E-state index contributed by atoms with van der Waals surface area (Å²) in [6.45, 7) is 0. The van der Waals surface area contributed by atoms with Gasteiger partial charge >= 0.3 is 0 Å². The van der Waals surface area contributed by atoms with Crippen LogP contribution in [0.4, 0.5) is 0 Å². The first-order valence-corrected chi connectivity index (χ1v) is 9.36. The lowest BCUT2D eigenvalue weighted by Gasteiger charge is -2.03. The van der Waals surface area contributed by atoms with E-state index in [9.17, 15) is 9.59 Å². The largest absolute Gasteiger partial charge is 0.298 e. The second kappa shape index (κ2) is 10.1. The molecule has 10 nitrogen and oxygen atoms in total. The van der Waals surface area contributed by atoms with Crippen molar-refractivity contribution in [2.45, 2.75) is 0 Å². The van der Waals surface area contributed by atoms with Crippen molar-refractivity contribution < 1.29 is 9.59 Å². The van der Waals surface area contributed by atoms with Gasteiger partial charge in [-0.1, -0.05) is 23.2 Å². The van der Waals surface area contributed by atoms with Crippen LogP contribution in [-0.4, -0.2) is 42.1 Å². The summed E-state index contributed by atoms with van der Waals surface area (Å²) in [5.41, 5.74) is 2.01. The van der Waals surface area contributed by atoms with Crippen LogP contribution in [0.25, 0.3) is 11.5 Å². The van der Waals surface area contributed by atoms with Gasteiger partial charge in [0.15, 0.2) is 18.4 Å². The summed E-state index contributed by atoms with van der Waals surface area (Å²) in [5.74, 6) is 0.456. The molecule has 0 amide bonds. The number of halogens is 2. The summed E-state index contributed by atoms with van der Waals surface area (Å²) in [6.07, 6.45) is 9.95. The van der Waals surface area contributed by atoms with E-state index >= 15 is 0 Å². The maximum Gasteiger partial charge on any atom is 0.154 e. The summed E-state index contributed by atoms with van der Waals surface area (Å²) >= 11 is 11.6. The van der Waals surface area contributed by atoms with Gasteiger partial charge in [-0.25, -0.2) is 19.3 Å². The van der Waals surface area contributed by atoms with Crippen LogP contribution in [0, 0.1) is 22.7 Å². The van der Waals surface area contributed by atoms with Gasteiger partial charge in [-0.2, -0.15) is 20.7 Å². The normalized spacial score (nSPS) is 9.75. The highest BCUT2D eigenvalue weighted by molar-refractivity contribution is 6.31. The number of aromatic nitrogens is 6. The zero-order valence-corrected chi connectivity index (χ0v) is 17.4. The van der Waals surface area contributed by atoms with Gasteiger partial charge in [0.05, 0.1) is 45.4 Å². The molecule has 4 rings (SSSR count). The van der Waals surface area contributed by atoms with Crippen LogP contribution >= 0.6 is 23.2 Å². The van der Waals surface area contributed by atoms with Crippen molar-refractivity contribution in [3.8, 4) is 23.6 Å². The number of hydrogen-bond acceptors (Lipinski definition) is 8. The van der Waals surface area contributed by atoms with Crippen molar-refractivity contribution in [1.82, 2.24) is 29.5 Å². The first kappa shape index (κ1) is 22.3. The Kier molecular flexibility index (Phi) is 7.03. The smallest absolute Gasteiger partial charge is 0.154 e. The summed E-state index contributed by atoms with van der Waals surface area (Å²) in [6, 6.07) is 6.92. The molecule has 0 saturated carbocycles. The zero-order chi connectivity index (χ0) is 23.1. The second-order valence-electron chi connectivity index (χ2n) is 5.94. The molecule has 0 unspecified atom stereocenters. The highest BCUT2D eigenvalue weighted by Crippen LogP contribution is 2.17. The number of carbonyl (C=O) groups is 2. The van der Waals surface area contributed by atoms with Crippen molar-refractivity contribution in [2.75, 3.05) is 0 Å². The van der Waals surface area contributed by atoms with Crippen molar-refractivity contribution >= 4 is 35.8 Å². The van der Waals surface area contributed by atoms with Crippen molar-refractivity contribution in [2.24, 2.45) is 0 Å². The fraction of sp³-hybridized carbons (Fsp3) is 0. The van der Waals surface area contributed by atoms with E-state index in [2.05, 4.69) is 20.2 Å². The van der Waals surface area contributed by atoms with Gasteiger partial charge in [0.1, 0.15) is 17.3 Å². The molecule has 4 aromatic rings. The van der Waals surface area contributed by atoms with Gasteiger partial charge < -0.3 is 0 Å². The Bertz CT molecular complexity index is 1380. The molecule has 0 atom stereocenters. The van der Waals surface area contributed by atoms with E-state index in [1.807, 2.05) is 12.1 Å². The maximum atomic E-state index is 10.5. The van der Waals surface area contributed by atoms with Crippen LogP contribution in [0.2, 0.25) is 10.2 Å². The Morgan fingerprint density at radius 3 is 1.97 bits per heavy atom. The summed E-state index contributed by atoms with van der Waals surface area (Å²) in [4.78, 5) is 28.8. The Morgan fingerprint density at radius 1 is 0.812 bits per heavy atom. The monoisotopic (exact) mass is 464 g/mol. The van der Waals surface area contributed by atoms with Crippen LogP contribution in [0.3, 0.4) is 0 Å². The number of pyridine rings is 2. The molecule has 4 aromatic heterocycles. The Hall–Kier alpha value is -4.38. The molecule has 0 radical (unpaired) electrons. The molecule has 4 heterocycles. The molecular weight excluding hydrogens is 455 g/mol. The molecule has 0 aliphatic heterocycles. The molecule has 0 fully saturated rings. The van der Waals surface area contributed by atoms with Gasteiger partial charge in [0.2, 0.25) is 0 Å². The lowest BCUT2D eigenvalue weighted by Crippen LogP contribution is -1.98. The molecule has 0 aliphatic rings. The van der Waals surface area contributed by atoms with Crippen LogP contribution in [0.15, 0.2) is 49.3 Å². The fourth-order valence-corrected chi connectivity index (χ4v) is 2.72. The molecule has 156 valence electrons. The molecular formula is C20H10Cl2N8O2. The lowest BCUT2D eigenvalue weighted by molar-refractivity contribution is 0.111. The van der Waals surface area contributed by atoms with Gasteiger partial charge in [0.25, 0.3) is 0 Å². The maximum absolute atomic E-state index is 10.5. The third kappa shape index (κ3) is 5.02. The quantitative estimate of drug-likeness (QED) is 0.330. The molecule has 0 aromatic carbocycles. The van der Waals surface area contributed by atoms with Gasteiger partial charge in [0, 0.05) is 36.9 Å². The SMILES string of the molecule is N#Cc1cnc(-n2cc(C=O)cn2)cc1Cl.N#Cc1cnc(Cl)cc1-n1cc(C=O)cn1. The number of carbonyl (C=O) groups excluding carboxylic acids is 2. The standard InChI is InChI=1S/2C10H5ClN4O/c11-10-1-9(8(2-12)4-13-10)15-5-7(6-16)3-14-15;11-9-1-10(13-4-8(9)2-12)15-5-7(6-16)3-14-15/h2*1,3-6H. The molecule has 0 bridgehead atoms. The van der Waals surface area contributed by atoms with Crippen molar-refractivity contribution in [3.05, 3.63) is 81.7 Å². The third-order valence-corrected chi connectivity index (χ3v) is 4.41. The van der Waals surface area contributed by atoms with Gasteiger partial charge in [-0.05, 0) is 0 Å². The van der Waals surface area contributed by atoms with E-state index in [0.29, 0.717) is 51.4 Å². The van der Waals surface area contributed by atoms with E-state index in [-0.39, 0.29) is 5.15 Å². The molecule has 0 saturated heterocycles. The Balaban J connectivity index is 0.000000181. The minimum Gasteiger partial charge on any atom is -0.298 e. The number of aldehydes is 2. The number of hydrogen-bond donors (Lipinski definition) is 0. The topological polar surface area (TPSA) is 143 Å². The molecule has 0 spiro atoms. The van der Waals surface area contributed by atoms with E-state index < -0.39 is 0 Å². The molecule has 12 heteroatoms. The first-order chi connectivity index (χ1) is 15.5. The lowest BCUT2D eigenvalue weighted by atomic mass is 10.2. The van der Waals surface area contributed by atoms with Gasteiger partial charge in [-0.15, -0.1) is 0 Å². The molecule has 0 aliphatic carbocycles. The second-order valence-corrected chi connectivity index (χ2v) is 6.74. The Morgan fingerprint density at radius 2 is 1.41 bits per heavy atom. The number of nitrogens with zero attached hydrogens (tertiary/aromatic N) is 8. The zero-order valence-electron chi connectivity index (χ0n) is 15.9. The average Bonchev–Trinajstić information content (AvgIpc) is 3.49. The third-order valence-electron chi connectivity index (χ3n) is 3.89. The molecule has 0 N–H and O–H groups in total. The van der Waals surface area contributed by atoms with Crippen LogP contribution < -0.4 is 0 Å². The van der Waals surface area contributed by atoms with E-state index in [1.165, 1.54) is 58.7 Å². The van der Waals surface area contributed by atoms with E-state index in [1.54, 1.807) is 0 Å². The van der Waals surface area contributed by atoms with Crippen molar-refractivity contribution in [3.63, 3.8) is 0 Å². The minimum atomic E-state index is 0.261. The predicted molar refractivity (Wildman–Crippen MR) is 113 cm³/mol. The van der Waals surface area contributed by atoms with Gasteiger partial charge in [-0.3, -0.25) is 9.59 Å². The minimum absolute atomic E-state index is 0.261. The van der Waals surface area contributed by atoms with E-state index in [0.717, 1.165) is 0 Å². The van der Waals surface area contributed by atoms with Crippen LogP contribution in [-0.2, 0) is 0 Å². The fourth-order valence-electron chi connectivity index (χ4n) is 2.38. The van der Waals surface area contributed by atoms with E-state index in [4.69, 9.17) is 33.7 Å². The Labute approximate surface area is 190 Å². The number of rotatable bonds is 4. The molecule has 32 heavy (non-hydrogen) atoms. The predicted octanol–water partition coefficient (Wildman–Crippen LogP) is 3.21. The van der Waals surface area contributed by atoms with Crippen LogP contribution in [0.5, 0.6) is 0 Å².